The maximum absolute atomic E-state index is 12.0. The lowest BCUT2D eigenvalue weighted by molar-refractivity contribution is 0.0786. The lowest BCUT2D eigenvalue weighted by atomic mass is 9.98. The van der Waals surface area contributed by atoms with Gasteiger partial charge in [0, 0.05) is 12.1 Å². The van der Waals surface area contributed by atoms with Gasteiger partial charge in [-0.3, -0.25) is 10.1 Å². The number of aromatic nitrogens is 3. The Hall–Kier alpha value is -3.43. The number of aromatic amines is 1. The molecule has 0 aliphatic heterocycles. The maximum Gasteiger partial charge on any atom is 0.302 e. The molecule has 2 aromatic heterocycles. The van der Waals surface area contributed by atoms with Crippen LogP contribution in [0, 0.1) is 0 Å². The standard InChI is InChI=1S/C20H21N5O4/c1-20(2,28)12-4-6-14-16(10-12)29-19(24-14)25-18-22-13-5-3-11(9-15(13)23-18)17(27)21-7-8-26/h3-6,9-10,26,28H,7-8H2,1-2H3,(H,21,27)(H2,22,23,24,25). The molecule has 0 atom stereocenters. The van der Waals surface area contributed by atoms with Crippen LogP contribution in [0.4, 0.5) is 12.0 Å². The van der Waals surface area contributed by atoms with Crippen LogP contribution in [0.5, 0.6) is 0 Å². The number of H-pyrrole nitrogens is 1. The second-order valence-electron chi connectivity index (χ2n) is 7.18. The predicted octanol–water partition coefficient (Wildman–Crippen LogP) is 2.40. The minimum absolute atomic E-state index is 0.117. The average molecular weight is 395 g/mol. The van der Waals surface area contributed by atoms with Crippen molar-refractivity contribution in [3.63, 3.8) is 0 Å². The number of aliphatic hydroxyl groups is 2. The molecule has 0 radical (unpaired) electrons. The summed E-state index contributed by atoms with van der Waals surface area (Å²) in [6.45, 7) is 3.49. The molecule has 1 amide bonds. The Labute approximate surface area is 165 Å². The van der Waals surface area contributed by atoms with E-state index in [0.717, 1.165) is 5.56 Å². The van der Waals surface area contributed by atoms with Gasteiger partial charge in [-0.15, -0.1) is 0 Å². The first-order valence-electron chi connectivity index (χ1n) is 9.13. The van der Waals surface area contributed by atoms with Crippen molar-refractivity contribution in [2.24, 2.45) is 0 Å². The fourth-order valence-corrected chi connectivity index (χ4v) is 2.94. The number of hydrogen-bond acceptors (Lipinski definition) is 7. The molecule has 2 aromatic carbocycles. The summed E-state index contributed by atoms with van der Waals surface area (Å²) < 4.78 is 5.73. The zero-order valence-electron chi connectivity index (χ0n) is 16.0. The Bertz CT molecular complexity index is 1190. The lowest BCUT2D eigenvalue weighted by Gasteiger charge is -2.16. The van der Waals surface area contributed by atoms with Crippen LogP contribution >= 0.6 is 0 Å². The maximum atomic E-state index is 12.0. The monoisotopic (exact) mass is 395 g/mol. The molecule has 150 valence electrons. The number of benzene rings is 2. The number of imidazole rings is 1. The molecular weight excluding hydrogens is 374 g/mol. The van der Waals surface area contributed by atoms with Crippen LogP contribution in [0.25, 0.3) is 22.1 Å². The first-order valence-corrected chi connectivity index (χ1v) is 9.13. The van der Waals surface area contributed by atoms with Crippen molar-refractivity contribution in [1.29, 1.82) is 0 Å². The number of oxazole rings is 1. The summed E-state index contributed by atoms with van der Waals surface area (Å²) in [5.74, 6) is 0.147. The molecular formula is C20H21N5O4. The molecule has 0 aliphatic carbocycles. The van der Waals surface area contributed by atoms with Gasteiger partial charge >= 0.3 is 6.01 Å². The molecule has 0 fully saturated rings. The van der Waals surface area contributed by atoms with E-state index in [-0.39, 0.29) is 25.1 Å². The number of aliphatic hydroxyl groups excluding tert-OH is 1. The molecule has 9 heteroatoms. The van der Waals surface area contributed by atoms with Crippen LogP contribution in [0.15, 0.2) is 40.8 Å². The summed E-state index contributed by atoms with van der Waals surface area (Å²) in [4.78, 5) is 23.9. The number of fused-ring (bicyclic) bond motifs is 2. The number of hydrogen-bond donors (Lipinski definition) is 5. The Balaban J connectivity index is 1.58. The molecule has 0 unspecified atom stereocenters. The van der Waals surface area contributed by atoms with E-state index in [2.05, 4.69) is 25.6 Å². The van der Waals surface area contributed by atoms with E-state index in [1.165, 1.54) is 0 Å². The predicted molar refractivity (Wildman–Crippen MR) is 108 cm³/mol. The highest BCUT2D eigenvalue weighted by atomic mass is 16.4. The number of anilines is 2. The molecule has 0 saturated heterocycles. The molecule has 0 bridgehead atoms. The molecule has 2 heterocycles. The van der Waals surface area contributed by atoms with Gasteiger partial charge in [-0.2, -0.15) is 4.98 Å². The molecule has 0 saturated carbocycles. The summed E-state index contributed by atoms with van der Waals surface area (Å²) in [6.07, 6.45) is 0. The van der Waals surface area contributed by atoms with Gasteiger partial charge in [0.15, 0.2) is 5.58 Å². The average Bonchev–Trinajstić information content (AvgIpc) is 3.26. The Morgan fingerprint density at radius 2 is 1.97 bits per heavy atom. The van der Waals surface area contributed by atoms with Crippen molar-refractivity contribution in [3.8, 4) is 0 Å². The highest BCUT2D eigenvalue weighted by Crippen LogP contribution is 2.27. The van der Waals surface area contributed by atoms with Crippen molar-refractivity contribution in [2.75, 3.05) is 18.5 Å². The van der Waals surface area contributed by atoms with Gasteiger partial charge in [0.1, 0.15) is 5.52 Å². The first-order chi connectivity index (χ1) is 13.8. The summed E-state index contributed by atoms with van der Waals surface area (Å²) >= 11 is 0. The van der Waals surface area contributed by atoms with E-state index in [0.29, 0.717) is 33.6 Å². The van der Waals surface area contributed by atoms with Crippen LogP contribution in [-0.4, -0.2) is 44.2 Å². The van der Waals surface area contributed by atoms with Gasteiger partial charge in [0.25, 0.3) is 5.91 Å². The molecule has 9 nitrogen and oxygen atoms in total. The fourth-order valence-electron chi connectivity index (χ4n) is 2.94. The zero-order valence-corrected chi connectivity index (χ0v) is 16.0. The molecule has 29 heavy (non-hydrogen) atoms. The highest BCUT2D eigenvalue weighted by Gasteiger charge is 2.18. The molecule has 4 aromatic rings. The third kappa shape index (κ3) is 3.91. The van der Waals surface area contributed by atoms with E-state index in [9.17, 15) is 9.90 Å². The summed E-state index contributed by atoms with van der Waals surface area (Å²) in [5, 5.41) is 24.6. The van der Waals surface area contributed by atoms with Crippen LogP contribution < -0.4 is 10.6 Å². The molecule has 0 aliphatic rings. The van der Waals surface area contributed by atoms with Gasteiger partial charge in [-0.25, -0.2) is 4.98 Å². The second kappa shape index (κ2) is 7.19. The van der Waals surface area contributed by atoms with E-state index >= 15 is 0 Å². The summed E-state index contributed by atoms with van der Waals surface area (Å²) in [7, 11) is 0. The quantitative estimate of drug-likeness (QED) is 0.338. The molecule has 5 N–H and O–H groups in total. The van der Waals surface area contributed by atoms with Gasteiger partial charge in [0.05, 0.1) is 23.2 Å². The number of carbonyl (C=O) groups is 1. The third-order valence-corrected chi connectivity index (χ3v) is 4.46. The van der Waals surface area contributed by atoms with Gasteiger partial charge in [0.2, 0.25) is 5.95 Å². The van der Waals surface area contributed by atoms with E-state index in [1.54, 1.807) is 50.2 Å². The highest BCUT2D eigenvalue weighted by molar-refractivity contribution is 5.97. The number of amides is 1. The fraction of sp³-hybridized carbons (Fsp3) is 0.250. The van der Waals surface area contributed by atoms with Crippen LogP contribution in [0.3, 0.4) is 0 Å². The van der Waals surface area contributed by atoms with Crippen LogP contribution in [0.2, 0.25) is 0 Å². The minimum Gasteiger partial charge on any atom is -0.423 e. The van der Waals surface area contributed by atoms with Gasteiger partial charge in [-0.05, 0) is 49.7 Å². The van der Waals surface area contributed by atoms with Crippen molar-refractivity contribution in [1.82, 2.24) is 20.3 Å². The molecule has 4 rings (SSSR count). The van der Waals surface area contributed by atoms with Gasteiger partial charge < -0.3 is 24.9 Å². The van der Waals surface area contributed by atoms with Crippen LogP contribution in [-0.2, 0) is 5.60 Å². The van der Waals surface area contributed by atoms with E-state index < -0.39 is 5.60 Å². The zero-order chi connectivity index (χ0) is 20.6. The number of rotatable bonds is 6. The smallest absolute Gasteiger partial charge is 0.302 e. The topological polar surface area (TPSA) is 136 Å². The second-order valence-corrected chi connectivity index (χ2v) is 7.18. The number of carbonyl (C=O) groups excluding carboxylic acids is 1. The van der Waals surface area contributed by atoms with Crippen molar-refractivity contribution >= 4 is 40.0 Å². The summed E-state index contributed by atoms with van der Waals surface area (Å²) in [5.41, 5.74) is 2.75. The molecule has 0 spiro atoms. The van der Waals surface area contributed by atoms with Gasteiger partial charge in [-0.1, -0.05) is 6.07 Å². The Morgan fingerprint density at radius 3 is 2.72 bits per heavy atom. The van der Waals surface area contributed by atoms with E-state index in [4.69, 9.17) is 9.52 Å². The van der Waals surface area contributed by atoms with Crippen LogP contribution in [0.1, 0.15) is 29.8 Å². The first kappa shape index (κ1) is 18.9. The lowest BCUT2D eigenvalue weighted by Crippen LogP contribution is -2.26. The number of nitrogens with zero attached hydrogens (tertiary/aromatic N) is 2. The largest absolute Gasteiger partial charge is 0.423 e. The third-order valence-electron chi connectivity index (χ3n) is 4.46. The number of nitrogens with one attached hydrogen (secondary N) is 3. The van der Waals surface area contributed by atoms with Crippen molar-refractivity contribution in [2.45, 2.75) is 19.4 Å². The normalized spacial score (nSPS) is 11.9. The van der Waals surface area contributed by atoms with E-state index in [1.807, 2.05) is 0 Å². The Morgan fingerprint density at radius 1 is 1.17 bits per heavy atom. The van der Waals surface area contributed by atoms with Crippen molar-refractivity contribution in [3.05, 3.63) is 47.5 Å². The van der Waals surface area contributed by atoms with Crippen molar-refractivity contribution < 1.29 is 19.4 Å². The minimum atomic E-state index is -0.978. The SMILES string of the molecule is CC(C)(O)c1ccc2nc(Nc3nc4ccc(C(=O)NCCO)cc4[nH]3)oc2c1. The Kier molecular flexibility index (Phi) is 4.69. The summed E-state index contributed by atoms with van der Waals surface area (Å²) in [6, 6.07) is 10.7.